The second-order valence-corrected chi connectivity index (χ2v) is 8.22. The first-order valence-corrected chi connectivity index (χ1v) is 10.7. The lowest BCUT2D eigenvalue weighted by atomic mass is 9.93. The van der Waals surface area contributed by atoms with E-state index in [0.29, 0.717) is 32.5 Å². The lowest BCUT2D eigenvalue weighted by Gasteiger charge is -2.32. The molecular formula is C24H22F3N3O2. The Hall–Kier alpha value is -3.13. The van der Waals surface area contributed by atoms with E-state index in [0.717, 1.165) is 17.2 Å². The van der Waals surface area contributed by atoms with Gasteiger partial charge in [0, 0.05) is 36.5 Å². The monoisotopic (exact) mass is 441 g/mol. The van der Waals surface area contributed by atoms with Gasteiger partial charge < -0.3 is 9.64 Å². The van der Waals surface area contributed by atoms with Crippen LogP contribution >= 0.6 is 0 Å². The van der Waals surface area contributed by atoms with Crippen molar-refractivity contribution in [2.45, 2.75) is 31.9 Å². The molecule has 5 rings (SSSR count). The number of nitrogens with zero attached hydrogens (tertiary/aromatic N) is 3. The van der Waals surface area contributed by atoms with Crippen molar-refractivity contribution in [3.05, 3.63) is 82.9 Å². The number of hydrogen-bond acceptors (Lipinski definition) is 3. The Morgan fingerprint density at radius 1 is 1.16 bits per heavy atom. The van der Waals surface area contributed by atoms with Gasteiger partial charge in [0.1, 0.15) is 0 Å². The summed E-state index contributed by atoms with van der Waals surface area (Å²) in [7, 11) is 0. The van der Waals surface area contributed by atoms with Crippen LogP contribution in [0.25, 0.3) is 0 Å². The van der Waals surface area contributed by atoms with Gasteiger partial charge in [-0.05, 0) is 24.8 Å². The highest BCUT2D eigenvalue weighted by Gasteiger charge is 2.40. The van der Waals surface area contributed by atoms with Crippen molar-refractivity contribution in [1.29, 1.82) is 0 Å². The molecule has 3 heterocycles. The van der Waals surface area contributed by atoms with Crippen LogP contribution in [-0.2, 0) is 22.5 Å². The standard InChI is InChI=1S/C24H22F3N3O2/c25-19-11-20-17(21(26)22(19)27)7-4-9-30(20)24(31)18-8-10-32-23(18)16-12-28-29(14-16)13-15-5-2-1-3-6-15/h1-3,5-6,11-12,14,18,23H,4,7-10,13H2/t18-,23+/m1/s1. The summed E-state index contributed by atoms with van der Waals surface area (Å²) in [5, 5.41) is 4.40. The second kappa shape index (κ2) is 8.43. The number of halogens is 3. The zero-order valence-electron chi connectivity index (χ0n) is 17.3. The molecule has 5 nitrogen and oxygen atoms in total. The number of ether oxygens (including phenoxy) is 1. The molecule has 8 heteroatoms. The van der Waals surface area contributed by atoms with Crippen molar-refractivity contribution in [3.63, 3.8) is 0 Å². The van der Waals surface area contributed by atoms with E-state index in [-0.39, 0.29) is 23.6 Å². The van der Waals surface area contributed by atoms with Gasteiger partial charge >= 0.3 is 0 Å². The fraction of sp³-hybridized carbons (Fsp3) is 0.333. The molecule has 1 aromatic heterocycles. The van der Waals surface area contributed by atoms with E-state index in [1.54, 1.807) is 10.9 Å². The average molecular weight is 441 g/mol. The Kier molecular flexibility index (Phi) is 5.46. The molecule has 1 fully saturated rings. The van der Waals surface area contributed by atoms with Gasteiger partial charge in [-0.3, -0.25) is 9.48 Å². The van der Waals surface area contributed by atoms with Crippen molar-refractivity contribution in [2.75, 3.05) is 18.1 Å². The first-order valence-electron chi connectivity index (χ1n) is 10.7. The van der Waals surface area contributed by atoms with E-state index >= 15 is 0 Å². The van der Waals surface area contributed by atoms with Crippen LogP contribution in [0.3, 0.4) is 0 Å². The summed E-state index contributed by atoms with van der Waals surface area (Å²) in [4.78, 5) is 14.8. The van der Waals surface area contributed by atoms with Gasteiger partial charge in [-0.25, -0.2) is 13.2 Å². The summed E-state index contributed by atoms with van der Waals surface area (Å²) in [6.07, 6.45) is 4.30. The quantitative estimate of drug-likeness (QED) is 0.564. The highest BCUT2D eigenvalue weighted by Crippen LogP contribution is 2.39. The number of rotatable bonds is 4. The molecular weight excluding hydrogens is 419 g/mol. The van der Waals surface area contributed by atoms with Crippen molar-refractivity contribution in [2.24, 2.45) is 5.92 Å². The van der Waals surface area contributed by atoms with E-state index in [2.05, 4.69) is 5.10 Å². The van der Waals surface area contributed by atoms with Gasteiger partial charge in [0.25, 0.3) is 0 Å². The Bertz CT molecular complexity index is 1150. The normalized spacial score (nSPS) is 20.4. The third kappa shape index (κ3) is 3.68. The molecule has 0 saturated carbocycles. The maximum absolute atomic E-state index is 14.3. The zero-order valence-corrected chi connectivity index (χ0v) is 17.3. The average Bonchev–Trinajstić information content (AvgIpc) is 3.47. The SMILES string of the molecule is O=C([C@@H]1CCO[C@H]1c1cnn(Cc2ccccc2)c1)N1CCCc2c1cc(F)c(F)c2F. The van der Waals surface area contributed by atoms with Crippen LogP contribution in [0.1, 0.15) is 35.6 Å². The number of benzene rings is 2. The molecule has 0 bridgehead atoms. The van der Waals surface area contributed by atoms with Gasteiger partial charge in [-0.15, -0.1) is 0 Å². The molecule has 32 heavy (non-hydrogen) atoms. The lowest BCUT2D eigenvalue weighted by molar-refractivity contribution is -0.124. The molecule has 0 spiro atoms. The van der Waals surface area contributed by atoms with Crippen LogP contribution < -0.4 is 4.90 Å². The van der Waals surface area contributed by atoms with Gasteiger partial charge in [0.2, 0.25) is 5.91 Å². The number of amides is 1. The first kappa shape index (κ1) is 20.8. The molecule has 0 unspecified atom stereocenters. The number of hydrogen-bond donors (Lipinski definition) is 0. The third-order valence-electron chi connectivity index (χ3n) is 6.18. The maximum atomic E-state index is 14.3. The Morgan fingerprint density at radius 2 is 1.97 bits per heavy atom. The van der Waals surface area contributed by atoms with Crippen LogP contribution in [0.4, 0.5) is 18.9 Å². The molecule has 0 radical (unpaired) electrons. The number of carbonyl (C=O) groups excluding carboxylic acids is 1. The fourth-order valence-corrected chi connectivity index (χ4v) is 4.62. The molecule has 1 amide bonds. The number of fused-ring (bicyclic) bond motifs is 1. The Morgan fingerprint density at radius 3 is 2.78 bits per heavy atom. The molecule has 2 aliphatic heterocycles. The molecule has 0 aliphatic carbocycles. The molecule has 3 aromatic rings. The van der Waals surface area contributed by atoms with Crippen molar-refractivity contribution < 1.29 is 22.7 Å². The summed E-state index contributed by atoms with van der Waals surface area (Å²) >= 11 is 0. The molecule has 2 aliphatic rings. The highest BCUT2D eigenvalue weighted by atomic mass is 19.2. The Balaban J connectivity index is 1.39. The van der Waals surface area contributed by atoms with E-state index in [1.807, 2.05) is 36.5 Å². The van der Waals surface area contributed by atoms with Crippen LogP contribution in [0.15, 0.2) is 48.8 Å². The van der Waals surface area contributed by atoms with Gasteiger partial charge in [0.05, 0.1) is 30.5 Å². The topological polar surface area (TPSA) is 47.4 Å². The summed E-state index contributed by atoms with van der Waals surface area (Å²) < 4.78 is 49.6. The molecule has 1 saturated heterocycles. The van der Waals surface area contributed by atoms with Crippen LogP contribution in [0.5, 0.6) is 0 Å². The predicted molar refractivity (Wildman–Crippen MR) is 112 cm³/mol. The molecule has 0 N–H and O–H groups in total. The largest absolute Gasteiger partial charge is 0.373 e. The van der Waals surface area contributed by atoms with E-state index in [4.69, 9.17) is 4.74 Å². The minimum absolute atomic E-state index is 0.0506. The number of aromatic nitrogens is 2. The summed E-state index contributed by atoms with van der Waals surface area (Å²) in [6.45, 7) is 1.32. The van der Waals surface area contributed by atoms with E-state index < -0.39 is 29.5 Å². The summed E-state index contributed by atoms with van der Waals surface area (Å²) in [5.41, 5.74) is 2.05. The number of carbonyl (C=O) groups is 1. The number of anilines is 1. The smallest absolute Gasteiger partial charge is 0.233 e. The van der Waals surface area contributed by atoms with Crippen molar-refractivity contribution in [1.82, 2.24) is 9.78 Å². The molecule has 2 aromatic carbocycles. The lowest BCUT2D eigenvalue weighted by Crippen LogP contribution is -2.41. The highest BCUT2D eigenvalue weighted by molar-refractivity contribution is 5.96. The predicted octanol–water partition coefficient (Wildman–Crippen LogP) is 4.41. The second-order valence-electron chi connectivity index (χ2n) is 8.22. The van der Waals surface area contributed by atoms with Crippen molar-refractivity contribution in [3.8, 4) is 0 Å². The van der Waals surface area contributed by atoms with Gasteiger partial charge in [-0.1, -0.05) is 30.3 Å². The van der Waals surface area contributed by atoms with Crippen molar-refractivity contribution >= 4 is 11.6 Å². The van der Waals surface area contributed by atoms with Crippen LogP contribution in [-0.4, -0.2) is 28.8 Å². The molecule has 2 atom stereocenters. The first-order chi connectivity index (χ1) is 15.5. The summed E-state index contributed by atoms with van der Waals surface area (Å²) in [6, 6.07) is 10.8. The zero-order chi connectivity index (χ0) is 22.2. The third-order valence-corrected chi connectivity index (χ3v) is 6.18. The minimum atomic E-state index is -1.49. The summed E-state index contributed by atoms with van der Waals surface area (Å²) in [5.74, 6) is -4.77. The Labute approximate surface area is 183 Å². The van der Waals surface area contributed by atoms with E-state index in [1.165, 1.54) is 4.90 Å². The van der Waals surface area contributed by atoms with Gasteiger partial charge in [0.15, 0.2) is 17.5 Å². The maximum Gasteiger partial charge on any atom is 0.233 e. The van der Waals surface area contributed by atoms with E-state index in [9.17, 15) is 18.0 Å². The van der Waals surface area contributed by atoms with Crippen LogP contribution in [0, 0.1) is 23.4 Å². The van der Waals surface area contributed by atoms with Gasteiger partial charge in [-0.2, -0.15) is 5.10 Å². The van der Waals surface area contributed by atoms with Crippen LogP contribution in [0.2, 0.25) is 0 Å². The fourth-order valence-electron chi connectivity index (χ4n) is 4.62. The minimum Gasteiger partial charge on any atom is -0.373 e. The molecule has 166 valence electrons.